The van der Waals surface area contributed by atoms with E-state index in [0.29, 0.717) is 11.9 Å². The second kappa shape index (κ2) is 7.50. The normalized spacial score (nSPS) is 24.9. The van der Waals surface area contributed by atoms with Crippen molar-refractivity contribution in [3.63, 3.8) is 0 Å². The molecule has 2 fully saturated rings. The molecular weight excluding hydrogens is 258 g/mol. The van der Waals surface area contributed by atoms with Crippen LogP contribution in [0, 0.1) is 0 Å². The van der Waals surface area contributed by atoms with Gasteiger partial charge in [-0.15, -0.1) is 0 Å². The maximum Gasteiger partial charge on any atom is 0.240 e. The maximum atomic E-state index is 12.7. The Labute approximate surface area is 121 Å². The summed E-state index contributed by atoms with van der Waals surface area (Å²) in [5, 5.41) is 3.38. The molecule has 1 aliphatic heterocycles. The second-order valence-corrected chi connectivity index (χ2v) is 7.00. The lowest BCUT2D eigenvalue weighted by Gasteiger charge is -2.34. The Morgan fingerprint density at radius 1 is 1.26 bits per heavy atom. The van der Waals surface area contributed by atoms with E-state index in [4.69, 9.17) is 0 Å². The summed E-state index contributed by atoms with van der Waals surface area (Å²) in [5.41, 5.74) is 0. The number of nitrogens with one attached hydrogen (secondary N) is 1. The lowest BCUT2D eigenvalue weighted by atomic mass is 10.1. The Morgan fingerprint density at radius 3 is 2.58 bits per heavy atom. The molecule has 1 heterocycles. The molecule has 1 aliphatic carbocycles. The van der Waals surface area contributed by atoms with Gasteiger partial charge in [-0.3, -0.25) is 4.79 Å². The highest BCUT2D eigenvalue weighted by Crippen LogP contribution is 2.24. The third-order valence-corrected chi connectivity index (χ3v) is 5.12. The highest BCUT2D eigenvalue weighted by atomic mass is 32.2. The predicted molar refractivity (Wildman–Crippen MR) is 81.6 cm³/mol. The number of nitrogens with zero attached hydrogens (tertiary/aromatic N) is 2. The number of thioether (sulfide) groups is 1. The maximum absolute atomic E-state index is 12.7. The molecule has 2 aliphatic rings. The van der Waals surface area contributed by atoms with E-state index in [-0.39, 0.29) is 6.04 Å². The number of hydrogen-bond acceptors (Lipinski definition) is 4. The van der Waals surface area contributed by atoms with Gasteiger partial charge in [0.05, 0.1) is 6.04 Å². The number of hydrogen-bond donors (Lipinski definition) is 1. The highest BCUT2D eigenvalue weighted by molar-refractivity contribution is 7.99. The summed E-state index contributed by atoms with van der Waals surface area (Å²) in [6, 6.07) is 0.530. The predicted octanol–water partition coefficient (Wildman–Crippen LogP) is 1.02. The van der Waals surface area contributed by atoms with Crippen LogP contribution < -0.4 is 5.32 Å². The highest BCUT2D eigenvalue weighted by Gasteiger charge is 2.31. The van der Waals surface area contributed by atoms with Crippen LogP contribution in [0.5, 0.6) is 0 Å². The molecule has 4 nitrogen and oxygen atoms in total. The van der Waals surface area contributed by atoms with E-state index in [9.17, 15) is 4.79 Å². The Hall–Kier alpha value is -0.260. The van der Waals surface area contributed by atoms with Crippen LogP contribution in [0.1, 0.15) is 25.7 Å². The summed E-state index contributed by atoms with van der Waals surface area (Å²) >= 11 is 1.90. The summed E-state index contributed by atoms with van der Waals surface area (Å²) in [5.74, 6) is 2.40. The minimum Gasteiger partial charge on any atom is -0.337 e. The fraction of sp³-hybridized carbons (Fsp3) is 0.929. The molecule has 0 spiro atoms. The van der Waals surface area contributed by atoms with Gasteiger partial charge in [-0.25, -0.2) is 0 Å². The lowest BCUT2D eigenvalue weighted by molar-refractivity contribution is -0.135. The van der Waals surface area contributed by atoms with Crippen molar-refractivity contribution in [2.45, 2.75) is 37.8 Å². The molecule has 5 heteroatoms. The van der Waals surface area contributed by atoms with Gasteiger partial charge < -0.3 is 15.1 Å². The molecule has 0 aromatic carbocycles. The molecule has 0 radical (unpaired) electrons. The van der Waals surface area contributed by atoms with Crippen molar-refractivity contribution >= 4 is 17.7 Å². The van der Waals surface area contributed by atoms with Crippen molar-refractivity contribution in [3.8, 4) is 0 Å². The van der Waals surface area contributed by atoms with Crippen molar-refractivity contribution in [2.75, 3.05) is 45.2 Å². The van der Waals surface area contributed by atoms with Crippen LogP contribution in [-0.4, -0.2) is 73.0 Å². The zero-order chi connectivity index (χ0) is 13.7. The Kier molecular flexibility index (Phi) is 5.98. The molecule has 1 atom stereocenters. The number of rotatable bonds is 5. The van der Waals surface area contributed by atoms with Gasteiger partial charge in [0.25, 0.3) is 0 Å². The first-order chi connectivity index (χ1) is 9.18. The van der Waals surface area contributed by atoms with Gasteiger partial charge in [-0.05, 0) is 26.9 Å². The summed E-state index contributed by atoms with van der Waals surface area (Å²) in [4.78, 5) is 17.1. The van der Waals surface area contributed by atoms with Crippen molar-refractivity contribution in [1.82, 2.24) is 15.1 Å². The quantitative estimate of drug-likeness (QED) is 0.818. The standard InChI is InChI=1S/C14H27N3OS/c1-16(2)8-9-17(12-5-3-4-6-12)14(18)13-11-19-10-7-15-13/h12-13,15H,3-11H2,1-2H3. The Balaban J connectivity index is 1.95. The van der Waals surface area contributed by atoms with Gasteiger partial charge in [0, 0.05) is 37.2 Å². The van der Waals surface area contributed by atoms with E-state index in [2.05, 4.69) is 29.2 Å². The zero-order valence-corrected chi connectivity index (χ0v) is 13.0. The van der Waals surface area contributed by atoms with Crippen molar-refractivity contribution < 1.29 is 4.79 Å². The summed E-state index contributed by atoms with van der Waals surface area (Å²) in [6.07, 6.45) is 4.95. The van der Waals surface area contributed by atoms with E-state index in [1.807, 2.05) is 11.8 Å². The largest absolute Gasteiger partial charge is 0.337 e. The molecule has 2 rings (SSSR count). The molecule has 1 unspecified atom stereocenters. The molecule has 0 aromatic rings. The number of amides is 1. The number of carbonyl (C=O) groups excluding carboxylic acids is 1. The average Bonchev–Trinajstić information content (AvgIpc) is 2.93. The first kappa shape index (κ1) is 15.1. The third-order valence-electron chi connectivity index (χ3n) is 4.06. The van der Waals surface area contributed by atoms with Crippen LogP contribution >= 0.6 is 11.8 Å². The Morgan fingerprint density at radius 2 is 2.00 bits per heavy atom. The van der Waals surface area contributed by atoms with Crippen LogP contribution in [0.15, 0.2) is 0 Å². The van der Waals surface area contributed by atoms with Gasteiger partial charge in [-0.2, -0.15) is 11.8 Å². The Bertz CT molecular complexity index is 286. The first-order valence-electron chi connectivity index (χ1n) is 7.45. The SMILES string of the molecule is CN(C)CCN(C(=O)C1CSCCN1)C1CCCC1. The second-order valence-electron chi connectivity index (χ2n) is 5.85. The fourth-order valence-electron chi connectivity index (χ4n) is 2.92. The average molecular weight is 285 g/mol. The molecule has 0 aromatic heterocycles. The zero-order valence-electron chi connectivity index (χ0n) is 12.2. The van der Waals surface area contributed by atoms with E-state index in [0.717, 1.165) is 31.1 Å². The number of carbonyl (C=O) groups is 1. The molecule has 1 amide bonds. The summed E-state index contributed by atoms with van der Waals surface area (Å²) < 4.78 is 0. The fourth-order valence-corrected chi connectivity index (χ4v) is 3.85. The van der Waals surface area contributed by atoms with Crippen LogP contribution in [0.3, 0.4) is 0 Å². The van der Waals surface area contributed by atoms with E-state index >= 15 is 0 Å². The van der Waals surface area contributed by atoms with Gasteiger partial charge in [0.15, 0.2) is 0 Å². The first-order valence-corrected chi connectivity index (χ1v) is 8.60. The topological polar surface area (TPSA) is 35.6 Å². The summed E-state index contributed by atoms with van der Waals surface area (Å²) in [6.45, 7) is 2.80. The molecular formula is C14H27N3OS. The van der Waals surface area contributed by atoms with Crippen LogP contribution in [0.4, 0.5) is 0 Å². The minimum atomic E-state index is 0.0431. The molecule has 19 heavy (non-hydrogen) atoms. The van der Waals surface area contributed by atoms with Gasteiger partial charge >= 0.3 is 0 Å². The molecule has 110 valence electrons. The lowest BCUT2D eigenvalue weighted by Crippen LogP contribution is -2.54. The summed E-state index contributed by atoms with van der Waals surface area (Å²) in [7, 11) is 4.15. The van der Waals surface area contributed by atoms with Crippen molar-refractivity contribution in [3.05, 3.63) is 0 Å². The van der Waals surface area contributed by atoms with Crippen molar-refractivity contribution in [1.29, 1.82) is 0 Å². The monoisotopic (exact) mass is 285 g/mol. The number of likely N-dealkylation sites (N-methyl/N-ethyl adjacent to an activating group) is 1. The third kappa shape index (κ3) is 4.36. The molecule has 0 bridgehead atoms. The van der Waals surface area contributed by atoms with Crippen LogP contribution in [0.25, 0.3) is 0 Å². The van der Waals surface area contributed by atoms with Gasteiger partial charge in [0.2, 0.25) is 5.91 Å². The smallest absolute Gasteiger partial charge is 0.240 e. The molecule has 1 saturated carbocycles. The van der Waals surface area contributed by atoms with Gasteiger partial charge in [0.1, 0.15) is 0 Å². The van der Waals surface area contributed by atoms with E-state index in [1.54, 1.807) is 0 Å². The molecule has 1 N–H and O–H groups in total. The van der Waals surface area contributed by atoms with Crippen LogP contribution in [-0.2, 0) is 4.79 Å². The van der Waals surface area contributed by atoms with E-state index in [1.165, 1.54) is 25.7 Å². The minimum absolute atomic E-state index is 0.0431. The van der Waals surface area contributed by atoms with Gasteiger partial charge in [-0.1, -0.05) is 12.8 Å². The molecule has 1 saturated heterocycles. The van der Waals surface area contributed by atoms with E-state index < -0.39 is 0 Å². The van der Waals surface area contributed by atoms with Crippen LogP contribution in [0.2, 0.25) is 0 Å². The van der Waals surface area contributed by atoms with Crippen molar-refractivity contribution in [2.24, 2.45) is 0 Å².